The van der Waals surface area contributed by atoms with Gasteiger partial charge in [-0.25, -0.2) is 4.79 Å². The lowest BCUT2D eigenvalue weighted by molar-refractivity contribution is -0.121. The van der Waals surface area contributed by atoms with Crippen LogP contribution in [0, 0.1) is 0 Å². The van der Waals surface area contributed by atoms with Gasteiger partial charge in [-0.05, 0) is 26.2 Å². The maximum atomic E-state index is 11.5. The van der Waals surface area contributed by atoms with Crippen molar-refractivity contribution in [3.8, 4) is 0 Å². The minimum Gasteiger partial charge on any atom is -0.450 e. The maximum absolute atomic E-state index is 11.5. The largest absolute Gasteiger partial charge is 0.450 e. The van der Waals surface area contributed by atoms with E-state index >= 15 is 0 Å². The number of amides is 2. The molecule has 1 saturated heterocycles. The summed E-state index contributed by atoms with van der Waals surface area (Å²) >= 11 is 0. The van der Waals surface area contributed by atoms with Crippen molar-refractivity contribution in [1.82, 2.24) is 15.5 Å². The highest BCUT2D eigenvalue weighted by molar-refractivity contribution is 5.76. The summed E-state index contributed by atoms with van der Waals surface area (Å²) in [6.45, 7) is 7.16. The molecule has 0 spiro atoms. The van der Waals surface area contributed by atoms with E-state index < -0.39 is 0 Å². The fourth-order valence-electron chi connectivity index (χ4n) is 2.22. The van der Waals surface area contributed by atoms with E-state index in [0.29, 0.717) is 25.6 Å². The van der Waals surface area contributed by atoms with Crippen LogP contribution in [0.15, 0.2) is 0 Å². The molecule has 2 amide bonds. The standard InChI is InChI=1S/C14H27N3O3/c1-3-8-16-13(18)5-9-15-12-6-10-17(11-7-12)14(19)20-4-2/h12,15H,3-11H2,1-2H3,(H,16,18). The zero-order valence-electron chi connectivity index (χ0n) is 12.6. The highest BCUT2D eigenvalue weighted by Crippen LogP contribution is 2.11. The van der Waals surface area contributed by atoms with Crippen molar-refractivity contribution in [3.05, 3.63) is 0 Å². The molecule has 0 aliphatic carbocycles. The van der Waals surface area contributed by atoms with Gasteiger partial charge in [0.1, 0.15) is 0 Å². The fourth-order valence-corrected chi connectivity index (χ4v) is 2.22. The second-order valence-electron chi connectivity index (χ2n) is 5.01. The molecule has 1 aliphatic rings. The van der Waals surface area contributed by atoms with Crippen LogP contribution in [-0.2, 0) is 9.53 Å². The molecule has 1 heterocycles. The minimum atomic E-state index is -0.218. The van der Waals surface area contributed by atoms with Crippen LogP contribution in [0.5, 0.6) is 0 Å². The molecule has 6 heteroatoms. The molecule has 0 unspecified atom stereocenters. The Morgan fingerprint density at radius 1 is 1.20 bits per heavy atom. The van der Waals surface area contributed by atoms with E-state index in [1.807, 2.05) is 13.8 Å². The van der Waals surface area contributed by atoms with Gasteiger partial charge in [0, 0.05) is 38.6 Å². The Bertz CT molecular complexity index is 302. The quantitative estimate of drug-likeness (QED) is 0.735. The van der Waals surface area contributed by atoms with Crippen LogP contribution in [0.25, 0.3) is 0 Å². The average Bonchev–Trinajstić information content (AvgIpc) is 2.46. The van der Waals surface area contributed by atoms with Crippen molar-refractivity contribution in [3.63, 3.8) is 0 Å². The van der Waals surface area contributed by atoms with Gasteiger partial charge < -0.3 is 20.3 Å². The van der Waals surface area contributed by atoms with E-state index in [0.717, 1.165) is 38.9 Å². The van der Waals surface area contributed by atoms with Crippen molar-refractivity contribution in [2.45, 2.75) is 45.6 Å². The van der Waals surface area contributed by atoms with Crippen LogP contribution < -0.4 is 10.6 Å². The first-order valence-electron chi connectivity index (χ1n) is 7.59. The van der Waals surface area contributed by atoms with Crippen LogP contribution in [0.1, 0.15) is 39.5 Å². The number of nitrogens with one attached hydrogen (secondary N) is 2. The van der Waals surface area contributed by atoms with Gasteiger partial charge in [-0.2, -0.15) is 0 Å². The first kappa shape index (κ1) is 16.8. The van der Waals surface area contributed by atoms with Crippen molar-refractivity contribution in [2.75, 3.05) is 32.8 Å². The number of carbonyl (C=O) groups excluding carboxylic acids is 2. The summed E-state index contributed by atoms with van der Waals surface area (Å²) in [5.74, 6) is 0.100. The molecular formula is C14H27N3O3. The number of piperidine rings is 1. The monoisotopic (exact) mass is 285 g/mol. The molecule has 6 nitrogen and oxygen atoms in total. The normalized spacial score (nSPS) is 16.0. The Morgan fingerprint density at radius 2 is 1.90 bits per heavy atom. The first-order chi connectivity index (χ1) is 9.67. The van der Waals surface area contributed by atoms with Gasteiger partial charge in [0.15, 0.2) is 0 Å². The van der Waals surface area contributed by atoms with Gasteiger partial charge in [0.2, 0.25) is 5.91 Å². The third-order valence-electron chi connectivity index (χ3n) is 3.38. The van der Waals surface area contributed by atoms with E-state index in [2.05, 4.69) is 10.6 Å². The number of likely N-dealkylation sites (tertiary alicyclic amines) is 1. The second kappa shape index (κ2) is 9.58. The Morgan fingerprint density at radius 3 is 2.50 bits per heavy atom. The predicted molar refractivity (Wildman–Crippen MR) is 77.5 cm³/mol. The molecular weight excluding hydrogens is 258 g/mol. The van der Waals surface area contributed by atoms with Crippen LogP contribution >= 0.6 is 0 Å². The summed E-state index contributed by atoms with van der Waals surface area (Å²) in [5.41, 5.74) is 0. The summed E-state index contributed by atoms with van der Waals surface area (Å²) in [4.78, 5) is 24.7. The third-order valence-corrected chi connectivity index (χ3v) is 3.38. The molecule has 1 aliphatic heterocycles. The number of ether oxygens (including phenoxy) is 1. The molecule has 2 N–H and O–H groups in total. The van der Waals surface area contributed by atoms with E-state index in [9.17, 15) is 9.59 Å². The van der Waals surface area contributed by atoms with Crippen LogP contribution in [-0.4, -0.2) is 55.7 Å². The molecule has 0 aromatic rings. The summed E-state index contributed by atoms with van der Waals surface area (Å²) in [6, 6.07) is 0.389. The predicted octanol–water partition coefficient (Wildman–Crippen LogP) is 1.11. The number of nitrogens with zero attached hydrogens (tertiary/aromatic N) is 1. The number of carbonyl (C=O) groups is 2. The van der Waals surface area contributed by atoms with Crippen molar-refractivity contribution < 1.29 is 14.3 Å². The lowest BCUT2D eigenvalue weighted by Crippen LogP contribution is -2.45. The maximum Gasteiger partial charge on any atom is 0.409 e. The Hall–Kier alpha value is -1.30. The Balaban J connectivity index is 2.10. The van der Waals surface area contributed by atoms with Crippen LogP contribution in [0.2, 0.25) is 0 Å². The van der Waals surface area contributed by atoms with Crippen LogP contribution in [0.3, 0.4) is 0 Å². The minimum absolute atomic E-state index is 0.100. The fraction of sp³-hybridized carbons (Fsp3) is 0.857. The van der Waals surface area contributed by atoms with E-state index in [4.69, 9.17) is 4.74 Å². The lowest BCUT2D eigenvalue weighted by atomic mass is 10.1. The van der Waals surface area contributed by atoms with Gasteiger partial charge in [-0.1, -0.05) is 6.92 Å². The molecule has 0 bridgehead atoms. The topological polar surface area (TPSA) is 70.7 Å². The molecule has 0 aromatic carbocycles. The zero-order chi connectivity index (χ0) is 14.8. The van der Waals surface area contributed by atoms with Crippen molar-refractivity contribution >= 4 is 12.0 Å². The number of rotatable bonds is 7. The summed E-state index contributed by atoms with van der Waals surface area (Å²) < 4.78 is 4.98. The number of hydrogen-bond acceptors (Lipinski definition) is 4. The highest BCUT2D eigenvalue weighted by Gasteiger charge is 2.23. The molecule has 0 atom stereocenters. The van der Waals surface area contributed by atoms with Gasteiger partial charge in [-0.3, -0.25) is 4.79 Å². The summed E-state index contributed by atoms with van der Waals surface area (Å²) in [6.07, 6.45) is 3.08. The molecule has 0 saturated carbocycles. The average molecular weight is 285 g/mol. The molecule has 1 rings (SSSR count). The smallest absolute Gasteiger partial charge is 0.409 e. The Kier molecular flexibility index (Phi) is 8.02. The third kappa shape index (κ3) is 6.23. The summed E-state index contributed by atoms with van der Waals surface area (Å²) in [7, 11) is 0. The van der Waals surface area contributed by atoms with E-state index in [-0.39, 0.29) is 12.0 Å². The molecule has 116 valence electrons. The van der Waals surface area contributed by atoms with Gasteiger partial charge in [0.05, 0.1) is 6.61 Å². The van der Waals surface area contributed by atoms with Crippen molar-refractivity contribution in [1.29, 1.82) is 0 Å². The second-order valence-corrected chi connectivity index (χ2v) is 5.01. The van der Waals surface area contributed by atoms with Gasteiger partial charge >= 0.3 is 6.09 Å². The van der Waals surface area contributed by atoms with E-state index in [1.165, 1.54) is 0 Å². The molecule has 0 aromatic heterocycles. The van der Waals surface area contributed by atoms with Crippen molar-refractivity contribution in [2.24, 2.45) is 0 Å². The Labute approximate surface area is 121 Å². The SMILES string of the molecule is CCCNC(=O)CCNC1CCN(C(=O)OCC)CC1. The zero-order valence-corrected chi connectivity index (χ0v) is 12.6. The highest BCUT2D eigenvalue weighted by atomic mass is 16.6. The van der Waals surface area contributed by atoms with E-state index in [1.54, 1.807) is 4.90 Å². The van der Waals surface area contributed by atoms with Gasteiger partial charge in [0.25, 0.3) is 0 Å². The first-order valence-corrected chi connectivity index (χ1v) is 7.59. The molecule has 0 radical (unpaired) electrons. The lowest BCUT2D eigenvalue weighted by Gasteiger charge is -2.31. The molecule has 20 heavy (non-hydrogen) atoms. The molecule has 1 fully saturated rings. The summed E-state index contributed by atoms with van der Waals surface area (Å²) in [5, 5.41) is 6.24. The van der Waals surface area contributed by atoms with Gasteiger partial charge in [-0.15, -0.1) is 0 Å². The van der Waals surface area contributed by atoms with Crippen LogP contribution in [0.4, 0.5) is 4.79 Å². The number of hydrogen-bond donors (Lipinski definition) is 2.